The molecule has 2 aromatic carbocycles. The second kappa shape index (κ2) is 6.59. The molecule has 122 valence electrons. The largest absolute Gasteiger partial charge is 0.497 e. The van der Waals surface area contributed by atoms with Crippen molar-refractivity contribution >= 4 is 29.2 Å². The predicted octanol–water partition coefficient (Wildman–Crippen LogP) is 5.36. The van der Waals surface area contributed by atoms with Crippen LogP contribution < -0.4 is 4.74 Å². The summed E-state index contributed by atoms with van der Waals surface area (Å²) < 4.78 is 5.13. The van der Waals surface area contributed by atoms with Gasteiger partial charge in [-0.15, -0.1) is 0 Å². The zero-order chi connectivity index (χ0) is 17.3. The Morgan fingerprint density at radius 1 is 1.04 bits per heavy atom. The number of carbonyl (C=O) groups is 1. The van der Waals surface area contributed by atoms with Crippen molar-refractivity contribution in [2.75, 3.05) is 7.11 Å². The van der Waals surface area contributed by atoms with E-state index in [1.807, 2.05) is 12.1 Å². The lowest BCUT2D eigenvalue weighted by Crippen LogP contribution is -1.99. The minimum Gasteiger partial charge on any atom is -0.497 e. The lowest BCUT2D eigenvalue weighted by Gasteiger charge is -2.03. The summed E-state index contributed by atoms with van der Waals surface area (Å²) in [6, 6.07) is 14.0. The third-order valence-corrected chi connectivity index (χ3v) is 4.20. The highest BCUT2D eigenvalue weighted by Gasteiger charge is 2.18. The van der Waals surface area contributed by atoms with Gasteiger partial charge in [0.05, 0.1) is 12.1 Å². The summed E-state index contributed by atoms with van der Waals surface area (Å²) in [5, 5.41) is 10.5. The van der Waals surface area contributed by atoms with Crippen molar-refractivity contribution in [3.8, 4) is 28.1 Å². The Hall–Kier alpha value is -2.43. The van der Waals surface area contributed by atoms with Crippen LogP contribution >= 0.6 is 23.2 Å². The molecule has 0 aliphatic rings. The third-order valence-electron chi connectivity index (χ3n) is 3.65. The average Bonchev–Trinajstić information content (AvgIpc) is 3.00. The van der Waals surface area contributed by atoms with Gasteiger partial charge in [0.1, 0.15) is 11.4 Å². The van der Waals surface area contributed by atoms with Gasteiger partial charge in [0.15, 0.2) is 0 Å². The molecule has 0 saturated carbocycles. The molecule has 4 nitrogen and oxygen atoms in total. The fourth-order valence-corrected chi connectivity index (χ4v) is 2.98. The number of ether oxygens (including phenoxy) is 1. The number of carboxylic acid groups (broad SMARTS) is 1. The summed E-state index contributed by atoms with van der Waals surface area (Å²) in [5.41, 5.74) is 2.73. The lowest BCUT2D eigenvalue weighted by molar-refractivity contribution is 0.0692. The van der Waals surface area contributed by atoms with E-state index in [1.54, 1.807) is 43.5 Å². The molecule has 0 aliphatic carbocycles. The number of hydrogen-bond donors (Lipinski definition) is 2. The molecule has 1 aromatic heterocycles. The number of aromatic carboxylic acids is 1. The quantitative estimate of drug-likeness (QED) is 0.657. The molecule has 6 heteroatoms. The molecule has 0 fully saturated rings. The van der Waals surface area contributed by atoms with Crippen molar-refractivity contribution in [3.63, 3.8) is 0 Å². The molecule has 0 bridgehead atoms. The van der Waals surface area contributed by atoms with E-state index in [9.17, 15) is 9.90 Å². The van der Waals surface area contributed by atoms with Crippen molar-refractivity contribution in [3.05, 3.63) is 64.3 Å². The number of halogens is 2. The topological polar surface area (TPSA) is 62.3 Å². The Labute approximate surface area is 148 Å². The monoisotopic (exact) mass is 361 g/mol. The number of nitrogens with one attached hydrogen (secondary N) is 1. The van der Waals surface area contributed by atoms with Crippen LogP contribution in [-0.2, 0) is 0 Å². The maximum Gasteiger partial charge on any atom is 0.352 e. The van der Waals surface area contributed by atoms with E-state index in [4.69, 9.17) is 27.9 Å². The molecule has 0 saturated heterocycles. The lowest BCUT2D eigenvalue weighted by atomic mass is 10.0. The van der Waals surface area contributed by atoms with Gasteiger partial charge >= 0.3 is 5.97 Å². The molecule has 3 rings (SSSR count). The van der Waals surface area contributed by atoms with Gasteiger partial charge in [0.2, 0.25) is 0 Å². The molecule has 0 unspecified atom stereocenters. The second-order valence-corrected chi connectivity index (χ2v) is 5.97. The summed E-state index contributed by atoms with van der Waals surface area (Å²) in [6.45, 7) is 0. The summed E-state index contributed by atoms with van der Waals surface area (Å²) >= 11 is 12.1. The molecular formula is C18H13Cl2NO3. The first-order valence-corrected chi connectivity index (χ1v) is 7.81. The number of carboxylic acids is 1. The summed E-state index contributed by atoms with van der Waals surface area (Å²) in [5.74, 6) is -0.343. The van der Waals surface area contributed by atoms with Gasteiger partial charge in [-0.25, -0.2) is 4.79 Å². The minimum atomic E-state index is -1.04. The molecule has 0 atom stereocenters. The van der Waals surface area contributed by atoms with Crippen LogP contribution in [0.4, 0.5) is 0 Å². The summed E-state index contributed by atoms with van der Waals surface area (Å²) in [6.07, 6.45) is 0. The Kier molecular flexibility index (Phi) is 4.51. The zero-order valence-electron chi connectivity index (χ0n) is 12.6. The fourth-order valence-electron chi connectivity index (χ4n) is 2.47. The Morgan fingerprint density at radius 2 is 1.75 bits per heavy atom. The molecule has 1 heterocycles. The molecule has 3 aromatic rings. The van der Waals surface area contributed by atoms with E-state index in [-0.39, 0.29) is 5.69 Å². The van der Waals surface area contributed by atoms with Crippen LogP contribution in [0.15, 0.2) is 48.5 Å². The van der Waals surface area contributed by atoms with Crippen LogP contribution in [0.3, 0.4) is 0 Å². The van der Waals surface area contributed by atoms with E-state index in [2.05, 4.69) is 4.98 Å². The van der Waals surface area contributed by atoms with Crippen LogP contribution in [-0.4, -0.2) is 23.2 Å². The number of hydrogen-bond acceptors (Lipinski definition) is 2. The van der Waals surface area contributed by atoms with Gasteiger partial charge in [0, 0.05) is 21.8 Å². The van der Waals surface area contributed by atoms with Gasteiger partial charge < -0.3 is 14.8 Å². The van der Waals surface area contributed by atoms with E-state index < -0.39 is 5.97 Å². The second-order valence-electron chi connectivity index (χ2n) is 5.13. The van der Waals surface area contributed by atoms with E-state index >= 15 is 0 Å². The van der Waals surface area contributed by atoms with Crippen LogP contribution in [0.1, 0.15) is 10.5 Å². The Balaban J connectivity index is 2.12. The zero-order valence-corrected chi connectivity index (χ0v) is 14.2. The van der Waals surface area contributed by atoms with E-state index in [1.165, 1.54) is 0 Å². The number of methoxy groups -OCH3 is 1. The maximum atomic E-state index is 11.6. The van der Waals surface area contributed by atoms with Crippen LogP contribution in [0, 0.1) is 0 Å². The fraction of sp³-hybridized carbons (Fsp3) is 0.0556. The first kappa shape index (κ1) is 16.4. The van der Waals surface area contributed by atoms with Gasteiger partial charge in [-0.3, -0.25) is 0 Å². The SMILES string of the molecule is COc1ccc(-c2cc(-c3ccc(Cl)cc3Cl)[nH]c2C(=O)O)cc1. The average molecular weight is 362 g/mol. The number of H-pyrrole nitrogens is 1. The standard InChI is InChI=1S/C18H13Cl2NO3/c1-24-12-5-2-10(3-6-12)14-9-16(21-17(14)18(22)23)13-7-4-11(19)8-15(13)20/h2-9,21H,1H3,(H,22,23). The van der Waals surface area contributed by atoms with E-state index in [0.717, 1.165) is 5.56 Å². The number of rotatable bonds is 4. The molecular weight excluding hydrogens is 349 g/mol. The van der Waals surface area contributed by atoms with Crippen LogP contribution in [0.5, 0.6) is 5.75 Å². The van der Waals surface area contributed by atoms with Crippen LogP contribution in [0.25, 0.3) is 22.4 Å². The van der Waals surface area contributed by atoms with Gasteiger partial charge in [-0.2, -0.15) is 0 Å². The number of aromatic nitrogens is 1. The highest BCUT2D eigenvalue weighted by atomic mass is 35.5. The number of benzene rings is 2. The Bertz CT molecular complexity index is 901. The first-order valence-electron chi connectivity index (χ1n) is 7.05. The summed E-state index contributed by atoms with van der Waals surface area (Å²) in [7, 11) is 1.58. The van der Waals surface area contributed by atoms with Crippen molar-refractivity contribution in [1.82, 2.24) is 4.98 Å². The number of aromatic amines is 1. The predicted molar refractivity (Wildman–Crippen MR) is 95.2 cm³/mol. The molecule has 24 heavy (non-hydrogen) atoms. The van der Waals surface area contributed by atoms with Gasteiger partial charge in [-0.05, 0) is 42.0 Å². The highest BCUT2D eigenvalue weighted by molar-refractivity contribution is 6.36. The molecule has 0 radical (unpaired) electrons. The highest BCUT2D eigenvalue weighted by Crippen LogP contribution is 2.35. The van der Waals surface area contributed by atoms with Gasteiger partial charge in [-0.1, -0.05) is 35.3 Å². The first-order chi connectivity index (χ1) is 11.5. The minimum absolute atomic E-state index is 0.0983. The summed E-state index contributed by atoms with van der Waals surface area (Å²) in [4.78, 5) is 14.5. The van der Waals surface area contributed by atoms with E-state index in [0.29, 0.717) is 32.6 Å². The third kappa shape index (κ3) is 3.11. The van der Waals surface area contributed by atoms with Crippen molar-refractivity contribution in [2.24, 2.45) is 0 Å². The van der Waals surface area contributed by atoms with Crippen LogP contribution in [0.2, 0.25) is 10.0 Å². The molecule has 0 amide bonds. The smallest absolute Gasteiger partial charge is 0.352 e. The molecule has 0 aliphatic heterocycles. The van der Waals surface area contributed by atoms with Crippen molar-refractivity contribution in [1.29, 1.82) is 0 Å². The van der Waals surface area contributed by atoms with Gasteiger partial charge in [0.25, 0.3) is 0 Å². The van der Waals surface area contributed by atoms with Crippen molar-refractivity contribution in [2.45, 2.75) is 0 Å². The molecule has 2 N–H and O–H groups in total. The molecule has 0 spiro atoms. The maximum absolute atomic E-state index is 11.6. The van der Waals surface area contributed by atoms with Crippen molar-refractivity contribution < 1.29 is 14.6 Å². The Morgan fingerprint density at radius 3 is 2.33 bits per heavy atom. The normalized spacial score (nSPS) is 10.6.